The molecule has 1 rings (SSSR count). The van der Waals surface area contributed by atoms with Crippen LogP contribution in [0.25, 0.3) is 0 Å². The van der Waals surface area contributed by atoms with Crippen LogP contribution < -0.4 is 0 Å². The third kappa shape index (κ3) is 2.84. The maximum absolute atomic E-state index is 11.2. The van der Waals surface area contributed by atoms with Crippen LogP contribution in [0.5, 0.6) is 0 Å². The predicted octanol–water partition coefficient (Wildman–Crippen LogP) is 2.59. The van der Waals surface area contributed by atoms with Gasteiger partial charge >= 0.3 is 5.97 Å². The van der Waals surface area contributed by atoms with Crippen LogP contribution in [0, 0.1) is 0 Å². The maximum Gasteiger partial charge on any atom is 0.339 e. The van der Waals surface area contributed by atoms with E-state index in [0.717, 1.165) is 0 Å². The van der Waals surface area contributed by atoms with Crippen LogP contribution in [0.15, 0.2) is 18.2 Å². The van der Waals surface area contributed by atoms with Crippen LogP contribution in [-0.4, -0.2) is 17.7 Å². The molecule has 1 unspecified atom stereocenters. The number of benzene rings is 1. The van der Waals surface area contributed by atoms with Gasteiger partial charge in [0.2, 0.25) is 0 Å². The van der Waals surface area contributed by atoms with Crippen molar-refractivity contribution in [2.75, 3.05) is 6.61 Å². The third-order valence-electron chi connectivity index (χ3n) is 1.79. The van der Waals surface area contributed by atoms with Gasteiger partial charge in [0, 0.05) is 5.56 Å². The van der Waals surface area contributed by atoms with Crippen LogP contribution in [0.3, 0.4) is 0 Å². The minimum atomic E-state index is -1.39. The summed E-state index contributed by atoms with van der Waals surface area (Å²) in [6.07, 6.45) is -1.39. The minimum absolute atomic E-state index is 0.166. The van der Waals surface area contributed by atoms with Gasteiger partial charge in [-0.1, -0.05) is 35.3 Å². The van der Waals surface area contributed by atoms with Crippen molar-refractivity contribution in [2.24, 2.45) is 0 Å². The van der Waals surface area contributed by atoms with Crippen molar-refractivity contribution in [2.45, 2.75) is 13.0 Å². The molecule has 82 valence electrons. The van der Waals surface area contributed by atoms with Crippen molar-refractivity contribution in [1.82, 2.24) is 0 Å². The lowest BCUT2D eigenvalue weighted by Gasteiger charge is -2.11. The molecule has 0 saturated heterocycles. The van der Waals surface area contributed by atoms with Gasteiger partial charge in [-0.2, -0.15) is 0 Å². The van der Waals surface area contributed by atoms with Gasteiger partial charge in [0.15, 0.2) is 6.10 Å². The Hall–Kier alpha value is -0.770. The SMILES string of the molecule is CCOC(=O)C(O)c1cccc(Cl)c1Cl. The highest BCUT2D eigenvalue weighted by molar-refractivity contribution is 6.42. The molecule has 0 aliphatic carbocycles. The fraction of sp³-hybridized carbons (Fsp3) is 0.300. The number of esters is 1. The van der Waals surface area contributed by atoms with Crippen LogP contribution in [-0.2, 0) is 9.53 Å². The topological polar surface area (TPSA) is 46.5 Å². The standard InChI is InChI=1S/C10H10Cl2O3/c1-2-15-10(14)9(13)6-4-3-5-7(11)8(6)12/h3-5,9,13H,2H2,1H3. The number of rotatable bonds is 3. The summed E-state index contributed by atoms with van der Waals surface area (Å²) in [5.41, 5.74) is 0.252. The molecular weight excluding hydrogens is 239 g/mol. The first-order valence-electron chi connectivity index (χ1n) is 4.36. The highest BCUT2D eigenvalue weighted by Crippen LogP contribution is 2.30. The Labute approximate surface area is 97.6 Å². The normalized spacial score (nSPS) is 12.3. The van der Waals surface area contributed by atoms with Crippen molar-refractivity contribution in [3.8, 4) is 0 Å². The number of hydrogen-bond acceptors (Lipinski definition) is 3. The van der Waals surface area contributed by atoms with E-state index in [2.05, 4.69) is 4.74 Å². The molecule has 3 nitrogen and oxygen atoms in total. The number of halogens is 2. The van der Waals surface area contributed by atoms with Gasteiger partial charge in [-0.3, -0.25) is 0 Å². The molecule has 0 spiro atoms. The number of ether oxygens (including phenoxy) is 1. The molecular formula is C10H10Cl2O3. The van der Waals surface area contributed by atoms with E-state index in [0.29, 0.717) is 0 Å². The Bertz CT molecular complexity index is 366. The second-order valence-corrected chi connectivity index (χ2v) is 3.58. The summed E-state index contributed by atoms with van der Waals surface area (Å²) < 4.78 is 4.66. The van der Waals surface area contributed by atoms with Crippen molar-refractivity contribution >= 4 is 29.2 Å². The molecule has 0 heterocycles. The van der Waals surface area contributed by atoms with E-state index in [-0.39, 0.29) is 22.2 Å². The fourth-order valence-corrected chi connectivity index (χ4v) is 1.49. The highest BCUT2D eigenvalue weighted by Gasteiger charge is 2.21. The van der Waals surface area contributed by atoms with E-state index < -0.39 is 12.1 Å². The predicted molar refractivity (Wildman–Crippen MR) is 58.1 cm³/mol. The van der Waals surface area contributed by atoms with Crippen LogP contribution in [0.4, 0.5) is 0 Å². The summed E-state index contributed by atoms with van der Waals surface area (Å²) in [4.78, 5) is 11.2. The molecule has 0 aliphatic heterocycles. The summed E-state index contributed by atoms with van der Waals surface area (Å²) in [6, 6.07) is 4.70. The third-order valence-corrected chi connectivity index (χ3v) is 2.62. The zero-order chi connectivity index (χ0) is 11.4. The molecule has 1 aromatic rings. The Kier molecular flexibility index (Phi) is 4.39. The first-order chi connectivity index (χ1) is 7.07. The monoisotopic (exact) mass is 248 g/mol. The molecule has 1 N–H and O–H groups in total. The van der Waals surface area contributed by atoms with E-state index in [1.54, 1.807) is 19.1 Å². The van der Waals surface area contributed by atoms with Gasteiger partial charge in [0.05, 0.1) is 16.7 Å². The van der Waals surface area contributed by atoms with Crippen LogP contribution in [0.1, 0.15) is 18.6 Å². The van der Waals surface area contributed by atoms with Crippen LogP contribution >= 0.6 is 23.2 Å². The van der Waals surface area contributed by atoms with Crippen molar-refractivity contribution in [3.63, 3.8) is 0 Å². The van der Waals surface area contributed by atoms with Gasteiger partial charge in [-0.05, 0) is 13.0 Å². The Morgan fingerprint density at radius 3 is 2.80 bits per heavy atom. The average molecular weight is 249 g/mol. The van der Waals surface area contributed by atoms with E-state index >= 15 is 0 Å². The zero-order valence-electron chi connectivity index (χ0n) is 8.04. The first kappa shape index (κ1) is 12.3. The summed E-state index contributed by atoms with van der Waals surface area (Å²) in [7, 11) is 0. The lowest BCUT2D eigenvalue weighted by atomic mass is 10.1. The van der Waals surface area contributed by atoms with Gasteiger partial charge < -0.3 is 9.84 Å². The molecule has 0 amide bonds. The summed E-state index contributed by atoms with van der Waals surface area (Å²) in [5, 5.41) is 10.1. The molecule has 0 bridgehead atoms. The minimum Gasteiger partial charge on any atom is -0.464 e. The molecule has 0 aromatic heterocycles. The van der Waals surface area contributed by atoms with E-state index in [9.17, 15) is 9.90 Å². The van der Waals surface area contributed by atoms with E-state index in [4.69, 9.17) is 23.2 Å². The molecule has 0 saturated carbocycles. The summed E-state index contributed by atoms with van der Waals surface area (Å²) in [5.74, 6) is -0.735. The average Bonchev–Trinajstić information content (AvgIpc) is 2.21. The number of carbonyl (C=O) groups excluding carboxylic acids is 1. The lowest BCUT2D eigenvalue weighted by Crippen LogP contribution is -2.15. The second-order valence-electron chi connectivity index (χ2n) is 2.80. The largest absolute Gasteiger partial charge is 0.464 e. The van der Waals surface area contributed by atoms with Gasteiger partial charge in [-0.25, -0.2) is 4.79 Å². The summed E-state index contributed by atoms with van der Waals surface area (Å²) in [6.45, 7) is 1.86. The molecule has 1 aromatic carbocycles. The Morgan fingerprint density at radius 1 is 1.53 bits per heavy atom. The maximum atomic E-state index is 11.2. The quantitative estimate of drug-likeness (QED) is 0.837. The molecule has 15 heavy (non-hydrogen) atoms. The molecule has 1 atom stereocenters. The van der Waals surface area contributed by atoms with E-state index in [1.165, 1.54) is 6.07 Å². The van der Waals surface area contributed by atoms with Crippen LogP contribution in [0.2, 0.25) is 10.0 Å². The number of aliphatic hydroxyl groups is 1. The lowest BCUT2D eigenvalue weighted by molar-refractivity contribution is -0.153. The van der Waals surface area contributed by atoms with Gasteiger partial charge in [0.25, 0.3) is 0 Å². The second kappa shape index (κ2) is 5.35. The Morgan fingerprint density at radius 2 is 2.20 bits per heavy atom. The van der Waals surface area contributed by atoms with Gasteiger partial charge in [-0.15, -0.1) is 0 Å². The van der Waals surface area contributed by atoms with Crippen molar-refractivity contribution < 1.29 is 14.6 Å². The zero-order valence-corrected chi connectivity index (χ0v) is 9.55. The smallest absolute Gasteiger partial charge is 0.339 e. The van der Waals surface area contributed by atoms with Gasteiger partial charge in [0.1, 0.15) is 0 Å². The van der Waals surface area contributed by atoms with E-state index in [1.807, 2.05) is 0 Å². The number of hydrogen-bond donors (Lipinski definition) is 1. The first-order valence-corrected chi connectivity index (χ1v) is 5.12. The highest BCUT2D eigenvalue weighted by atomic mass is 35.5. The fourth-order valence-electron chi connectivity index (χ4n) is 1.08. The Balaban J connectivity index is 2.96. The number of carbonyl (C=O) groups is 1. The van der Waals surface area contributed by atoms with Crippen molar-refractivity contribution in [1.29, 1.82) is 0 Å². The number of aliphatic hydroxyl groups excluding tert-OH is 1. The molecule has 0 aliphatic rings. The molecule has 0 fully saturated rings. The van der Waals surface area contributed by atoms with Crippen molar-refractivity contribution in [3.05, 3.63) is 33.8 Å². The molecule has 0 radical (unpaired) electrons. The molecule has 5 heteroatoms. The summed E-state index contributed by atoms with van der Waals surface area (Å²) >= 11 is 11.6.